The number of benzene rings is 1. The molecule has 0 aliphatic carbocycles. The van der Waals surface area contributed by atoms with Crippen LogP contribution >= 0.6 is 12.6 Å². The van der Waals surface area contributed by atoms with Gasteiger partial charge in [-0.25, -0.2) is 14.7 Å². The first-order valence-electron chi connectivity index (χ1n) is 9.55. The van der Waals surface area contributed by atoms with Crippen LogP contribution in [0.3, 0.4) is 0 Å². The van der Waals surface area contributed by atoms with Crippen LogP contribution in [0.4, 0.5) is 15.3 Å². The van der Waals surface area contributed by atoms with Gasteiger partial charge in [0.1, 0.15) is 12.2 Å². The number of likely N-dealkylation sites (tertiary alicyclic amines) is 1. The first-order valence-corrected chi connectivity index (χ1v) is 11.6. The molecule has 12 nitrogen and oxygen atoms in total. The second kappa shape index (κ2) is 9.92. The Morgan fingerprint density at radius 3 is 2.41 bits per heavy atom. The number of nitrogens with two attached hydrogens (primary N) is 1. The van der Waals surface area contributed by atoms with Crippen LogP contribution < -0.4 is 5.14 Å². The van der Waals surface area contributed by atoms with E-state index in [0.717, 1.165) is 0 Å². The molecule has 0 aromatic heterocycles. The minimum atomic E-state index is -4.46. The topological polar surface area (TPSA) is 162 Å². The van der Waals surface area contributed by atoms with Gasteiger partial charge in [-0.15, -0.1) is 0 Å². The Bertz CT molecular complexity index is 962. The van der Waals surface area contributed by atoms with Gasteiger partial charge in [-0.3, -0.25) is 10.1 Å². The van der Waals surface area contributed by atoms with E-state index in [1.54, 1.807) is 20.8 Å². The van der Waals surface area contributed by atoms with Gasteiger partial charge >= 0.3 is 22.4 Å². The molecule has 1 aromatic rings. The van der Waals surface area contributed by atoms with E-state index in [1.807, 2.05) is 0 Å². The number of hydrogen-bond acceptors (Lipinski definition) is 9. The highest BCUT2D eigenvalue weighted by Gasteiger charge is 2.40. The number of amides is 2. The van der Waals surface area contributed by atoms with Crippen LogP contribution in [-0.4, -0.2) is 64.7 Å². The van der Waals surface area contributed by atoms with Crippen LogP contribution in [-0.2, 0) is 26.3 Å². The summed E-state index contributed by atoms with van der Waals surface area (Å²) < 4.78 is 34.7. The van der Waals surface area contributed by atoms with E-state index < -0.39 is 45.5 Å². The van der Waals surface area contributed by atoms with Gasteiger partial charge in [0.2, 0.25) is 0 Å². The summed E-state index contributed by atoms with van der Waals surface area (Å²) in [6, 6.07) is 4.76. The highest BCUT2D eigenvalue weighted by atomic mass is 32.2. The van der Waals surface area contributed by atoms with Crippen molar-refractivity contribution in [1.29, 1.82) is 0 Å². The van der Waals surface area contributed by atoms with Crippen molar-refractivity contribution in [3.05, 3.63) is 39.9 Å². The molecule has 1 aromatic carbocycles. The quantitative estimate of drug-likeness (QED) is 0.348. The van der Waals surface area contributed by atoms with Gasteiger partial charge in [-0.05, 0) is 44.9 Å². The second-order valence-corrected chi connectivity index (χ2v) is 10.4. The molecule has 32 heavy (non-hydrogen) atoms. The van der Waals surface area contributed by atoms with Crippen molar-refractivity contribution in [2.24, 2.45) is 5.14 Å². The number of non-ortho nitro benzene ring substituents is 1. The predicted octanol–water partition coefficient (Wildman–Crippen LogP) is 2.04. The van der Waals surface area contributed by atoms with Crippen LogP contribution in [0.2, 0.25) is 0 Å². The summed E-state index contributed by atoms with van der Waals surface area (Å²) in [5, 5.41) is 15.6. The third-order valence-corrected chi connectivity index (χ3v) is 5.70. The number of nitro groups is 1. The molecular weight excluding hydrogens is 464 g/mol. The standard InChI is InChI=1S/C18H26N4O8S2/c1-18(2,3)30-17(24)21(32(19,27)28)9-14-8-15(31)10-20(14)16(23)29-11-12-4-6-13(7-5-12)22(25)26/h4-7,14-15,31H,8-11H2,1-3H3,(H2,19,27,28)/t14-,15-/m0/s1. The zero-order valence-corrected chi connectivity index (χ0v) is 19.5. The molecule has 2 rings (SSSR count). The van der Waals surface area contributed by atoms with E-state index in [2.05, 4.69) is 12.6 Å². The third-order valence-electron chi connectivity index (χ3n) is 4.42. The minimum Gasteiger partial charge on any atom is -0.445 e. The van der Waals surface area contributed by atoms with E-state index in [4.69, 9.17) is 14.6 Å². The van der Waals surface area contributed by atoms with Crippen LogP contribution in [0.15, 0.2) is 24.3 Å². The van der Waals surface area contributed by atoms with Gasteiger partial charge in [-0.2, -0.15) is 25.4 Å². The Balaban J connectivity index is 2.09. The summed E-state index contributed by atoms with van der Waals surface area (Å²) in [6.45, 7) is 4.33. The van der Waals surface area contributed by atoms with Crippen molar-refractivity contribution in [2.75, 3.05) is 13.1 Å². The third kappa shape index (κ3) is 7.24. The van der Waals surface area contributed by atoms with Crippen LogP contribution in [0, 0.1) is 10.1 Å². The van der Waals surface area contributed by atoms with Crippen LogP contribution in [0.25, 0.3) is 0 Å². The molecule has 1 aliphatic heterocycles. The molecule has 14 heteroatoms. The number of thiol groups is 1. The fourth-order valence-corrected chi connectivity index (χ4v) is 4.06. The van der Waals surface area contributed by atoms with Crippen molar-refractivity contribution >= 4 is 40.7 Å². The maximum Gasteiger partial charge on any atom is 0.425 e. The van der Waals surface area contributed by atoms with Crippen molar-refractivity contribution in [3.8, 4) is 0 Å². The van der Waals surface area contributed by atoms with Gasteiger partial charge in [0.15, 0.2) is 0 Å². The molecule has 0 spiro atoms. The number of carbonyl (C=O) groups excluding carboxylic acids is 2. The lowest BCUT2D eigenvalue weighted by Crippen LogP contribution is -2.50. The fourth-order valence-electron chi connectivity index (χ4n) is 3.02. The molecule has 0 saturated carbocycles. The molecule has 1 aliphatic rings. The largest absolute Gasteiger partial charge is 0.445 e. The Kier molecular flexibility index (Phi) is 7.96. The van der Waals surface area contributed by atoms with E-state index in [9.17, 15) is 28.1 Å². The molecule has 178 valence electrons. The number of hydrogen-bond donors (Lipinski definition) is 2. The molecule has 1 fully saturated rings. The monoisotopic (exact) mass is 490 g/mol. The predicted molar refractivity (Wildman–Crippen MR) is 117 cm³/mol. The van der Waals surface area contributed by atoms with E-state index >= 15 is 0 Å². The van der Waals surface area contributed by atoms with Crippen LogP contribution in [0.1, 0.15) is 32.8 Å². The lowest BCUT2D eigenvalue weighted by molar-refractivity contribution is -0.384. The van der Waals surface area contributed by atoms with Crippen molar-refractivity contribution < 1.29 is 32.4 Å². The minimum absolute atomic E-state index is 0.0946. The summed E-state index contributed by atoms with van der Waals surface area (Å²) in [5.74, 6) is 0. The molecule has 0 unspecified atom stereocenters. The number of nitrogens with zero attached hydrogens (tertiary/aromatic N) is 3. The SMILES string of the molecule is CC(C)(C)OC(=O)N(C[C@@H]1C[C@H](S)CN1C(=O)OCc1ccc([N+](=O)[O-])cc1)S(N)(=O)=O. The Labute approximate surface area is 191 Å². The van der Waals surface area contributed by atoms with Crippen molar-refractivity contribution in [2.45, 2.75) is 50.7 Å². The summed E-state index contributed by atoms with van der Waals surface area (Å²) in [5.41, 5.74) is -0.518. The van der Waals surface area contributed by atoms with Gasteiger partial charge < -0.3 is 14.4 Å². The van der Waals surface area contributed by atoms with Crippen molar-refractivity contribution in [3.63, 3.8) is 0 Å². The number of rotatable bonds is 6. The van der Waals surface area contributed by atoms with E-state index in [0.29, 0.717) is 16.3 Å². The van der Waals surface area contributed by atoms with E-state index in [1.165, 1.54) is 29.2 Å². The lowest BCUT2D eigenvalue weighted by atomic mass is 10.2. The molecule has 1 heterocycles. The first kappa shape index (κ1) is 25.7. The fraction of sp³-hybridized carbons (Fsp3) is 0.556. The van der Waals surface area contributed by atoms with Gasteiger partial charge in [0.25, 0.3) is 5.69 Å². The Morgan fingerprint density at radius 2 is 1.91 bits per heavy atom. The molecule has 2 atom stereocenters. The van der Waals surface area contributed by atoms with Crippen LogP contribution in [0.5, 0.6) is 0 Å². The van der Waals surface area contributed by atoms with Crippen molar-refractivity contribution in [1.82, 2.24) is 9.21 Å². The highest BCUT2D eigenvalue weighted by Crippen LogP contribution is 2.25. The lowest BCUT2D eigenvalue weighted by Gasteiger charge is -2.30. The maximum atomic E-state index is 12.6. The number of carbonyl (C=O) groups is 2. The van der Waals surface area contributed by atoms with Gasteiger partial charge in [0.05, 0.1) is 17.5 Å². The average molecular weight is 491 g/mol. The Morgan fingerprint density at radius 1 is 1.31 bits per heavy atom. The number of nitro benzene ring substituents is 1. The summed E-state index contributed by atoms with van der Waals surface area (Å²) in [4.78, 5) is 36.5. The smallest absolute Gasteiger partial charge is 0.425 e. The first-order chi connectivity index (χ1) is 14.7. The summed E-state index contributed by atoms with van der Waals surface area (Å²) in [6.07, 6.45) is -1.60. The molecule has 2 N–H and O–H groups in total. The zero-order chi connectivity index (χ0) is 24.3. The van der Waals surface area contributed by atoms with E-state index in [-0.39, 0.29) is 24.1 Å². The molecule has 1 saturated heterocycles. The zero-order valence-electron chi connectivity index (χ0n) is 17.8. The number of ether oxygens (including phenoxy) is 2. The normalized spacial score (nSPS) is 18.8. The molecule has 0 radical (unpaired) electrons. The molecular formula is C18H26N4O8S2. The average Bonchev–Trinajstić information content (AvgIpc) is 3.02. The highest BCUT2D eigenvalue weighted by molar-refractivity contribution is 7.87. The summed E-state index contributed by atoms with van der Waals surface area (Å²) >= 11 is 4.36. The van der Waals surface area contributed by atoms with Gasteiger partial charge in [0, 0.05) is 23.9 Å². The van der Waals surface area contributed by atoms with Gasteiger partial charge in [-0.1, -0.05) is 0 Å². The summed E-state index contributed by atoms with van der Waals surface area (Å²) in [7, 11) is -4.46. The second-order valence-electron chi connectivity index (χ2n) is 8.23. The molecule has 2 amide bonds. The Hall–Kier alpha value is -2.58. The molecule has 0 bridgehead atoms. The maximum absolute atomic E-state index is 12.6.